The Morgan fingerprint density at radius 1 is 1.04 bits per heavy atom. The zero-order valence-electron chi connectivity index (χ0n) is 14.2. The summed E-state index contributed by atoms with van der Waals surface area (Å²) in [6, 6.07) is 15.1. The van der Waals surface area contributed by atoms with Gasteiger partial charge in [0.05, 0.1) is 25.8 Å². The summed E-state index contributed by atoms with van der Waals surface area (Å²) >= 11 is 0. The predicted octanol–water partition coefficient (Wildman–Crippen LogP) is 0.968. The molecule has 1 saturated heterocycles. The summed E-state index contributed by atoms with van der Waals surface area (Å²) in [4.78, 5) is 28.0. The minimum absolute atomic E-state index is 0.0930. The number of nitrogens with zero attached hydrogens (tertiary/aromatic N) is 1. The Balaban J connectivity index is 1.55. The van der Waals surface area contributed by atoms with Gasteiger partial charge in [-0.3, -0.25) is 9.59 Å². The van der Waals surface area contributed by atoms with Crippen molar-refractivity contribution in [3.05, 3.63) is 59.7 Å². The maximum absolute atomic E-state index is 12.9. The Morgan fingerprint density at radius 3 is 2.48 bits per heavy atom. The highest BCUT2D eigenvalue weighted by molar-refractivity contribution is 6.21. The van der Waals surface area contributed by atoms with Crippen molar-refractivity contribution in [2.75, 3.05) is 18.6 Å². The number of ether oxygens (including phenoxy) is 1. The molecular formula is C20H21N2O3+. The van der Waals surface area contributed by atoms with E-state index in [1.807, 2.05) is 6.07 Å². The summed E-state index contributed by atoms with van der Waals surface area (Å²) in [5.41, 5.74) is 3.26. The number of nitrogens with one attached hydrogen (secondary N) is 1. The second-order valence-corrected chi connectivity index (χ2v) is 6.63. The zero-order chi connectivity index (χ0) is 17.4. The lowest BCUT2D eigenvalue weighted by Crippen LogP contribution is -3.16. The van der Waals surface area contributed by atoms with Crippen molar-refractivity contribution in [2.24, 2.45) is 0 Å². The van der Waals surface area contributed by atoms with Gasteiger partial charge in [0.2, 0.25) is 5.91 Å². The highest BCUT2D eigenvalue weighted by atomic mass is 16.5. The van der Waals surface area contributed by atoms with Gasteiger partial charge in [0, 0.05) is 12.0 Å². The molecule has 2 aliphatic heterocycles. The summed E-state index contributed by atoms with van der Waals surface area (Å²) < 4.78 is 5.14. The first-order valence-electron chi connectivity index (χ1n) is 8.59. The Bertz CT molecular complexity index is 816. The SMILES string of the molecule is COc1ccc(N2C(=O)C[C@H]([NH+]3CCc4ccccc4C3)C2=O)cc1. The molecular weight excluding hydrogens is 316 g/mol. The molecule has 1 fully saturated rings. The molecule has 0 aliphatic carbocycles. The summed E-state index contributed by atoms with van der Waals surface area (Å²) in [5.74, 6) is 0.494. The molecule has 2 heterocycles. The van der Waals surface area contributed by atoms with E-state index >= 15 is 0 Å². The summed E-state index contributed by atoms with van der Waals surface area (Å²) in [6.07, 6.45) is 1.23. The minimum Gasteiger partial charge on any atom is -0.497 e. The molecule has 1 N–H and O–H groups in total. The van der Waals surface area contributed by atoms with Crippen molar-refractivity contribution < 1.29 is 19.2 Å². The molecule has 25 heavy (non-hydrogen) atoms. The molecule has 0 radical (unpaired) electrons. The highest BCUT2D eigenvalue weighted by Crippen LogP contribution is 2.25. The topological polar surface area (TPSA) is 51.0 Å². The molecule has 5 heteroatoms. The number of amides is 2. The van der Waals surface area contributed by atoms with Crippen molar-refractivity contribution in [2.45, 2.75) is 25.4 Å². The van der Waals surface area contributed by atoms with E-state index in [2.05, 4.69) is 18.2 Å². The lowest BCUT2D eigenvalue weighted by molar-refractivity contribution is -0.930. The Hall–Kier alpha value is -2.66. The van der Waals surface area contributed by atoms with Gasteiger partial charge in [-0.15, -0.1) is 0 Å². The van der Waals surface area contributed by atoms with E-state index in [-0.39, 0.29) is 24.3 Å². The molecule has 2 aromatic rings. The average Bonchev–Trinajstić information content (AvgIpc) is 2.96. The van der Waals surface area contributed by atoms with Gasteiger partial charge in [0.1, 0.15) is 12.3 Å². The van der Waals surface area contributed by atoms with E-state index in [0.717, 1.165) is 19.5 Å². The molecule has 0 bridgehead atoms. The van der Waals surface area contributed by atoms with Crippen LogP contribution < -0.4 is 14.5 Å². The van der Waals surface area contributed by atoms with E-state index in [1.54, 1.807) is 31.4 Å². The van der Waals surface area contributed by atoms with E-state index in [9.17, 15) is 9.59 Å². The lowest BCUT2D eigenvalue weighted by Gasteiger charge is -2.29. The number of anilines is 1. The number of methoxy groups -OCH3 is 1. The van der Waals surface area contributed by atoms with Crippen LogP contribution in [0, 0.1) is 0 Å². The van der Waals surface area contributed by atoms with Crippen molar-refractivity contribution in [1.29, 1.82) is 0 Å². The molecule has 2 aliphatic rings. The largest absolute Gasteiger partial charge is 0.497 e. The number of benzene rings is 2. The Labute approximate surface area is 146 Å². The molecule has 5 nitrogen and oxygen atoms in total. The molecule has 1 unspecified atom stereocenters. The van der Waals surface area contributed by atoms with Gasteiger partial charge in [-0.25, -0.2) is 4.90 Å². The van der Waals surface area contributed by atoms with Gasteiger partial charge >= 0.3 is 0 Å². The maximum Gasteiger partial charge on any atom is 0.292 e. The van der Waals surface area contributed by atoms with Crippen molar-refractivity contribution in [1.82, 2.24) is 0 Å². The predicted molar refractivity (Wildman–Crippen MR) is 93.6 cm³/mol. The summed E-state index contributed by atoms with van der Waals surface area (Å²) in [6.45, 7) is 1.69. The third kappa shape index (κ3) is 2.81. The molecule has 2 amide bonds. The van der Waals surface area contributed by atoms with Crippen LogP contribution in [0.5, 0.6) is 5.75 Å². The van der Waals surface area contributed by atoms with Gasteiger partial charge in [0.15, 0.2) is 6.04 Å². The summed E-state index contributed by atoms with van der Waals surface area (Å²) in [5, 5.41) is 0. The van der Waals surface area contributed by atoms with Gasteiger partial charge in [-0.1, -0.05) is 24.3 Å². The third-order valence-corrected chi connectivity index (χ3v) is 5.22. The van der Waals surface area contributed by atoms with Crippen LogP contribution in [0.4, 0.5) is 5.69 Å². The molecule has 0 spiro atoms. The summed E-state index contributed by atoms with van der Waals surface area (Å²) in [7, 11) is 1.59. The molecule has 2 atom stereocenters. The van der Waals surface area contributed by atoms with Gasteiger partial charge < -0.3 is 9.64 Å². The number of imide groups is 1. The van der Waals surface area contributed by atoms with Crippen LogP contribution in [0.2, 0.25) is 0 Å². The van der Waals surface area contributed by atoms with Gasteiger partial charge in [-0.05, 0) is 29.8 Å². The second-order valence-electron chi connectivity index (χ2n) is 6.63. The number of carbonyl (C=O) groups excluding carboxylic acids is 2. The molecule has 128 valence electrons. The van der Waals surface area contributed by atoms with E-state index < -0.39 is 0 Å². The van der Waals surface area contributed by atoms with Crippen molar-refractivity contribution in [3.63, 3.8) is 0 Å². The third-order valence-electron chi connectivity index (χ3n) is 5.22. The van der Waals surface area contributed by atoms with Crippen molar-refractivity contribution in [3.8, 4) is 5.75 Å². The van der Waals surface area contributed by atoms with Crippen LogP contribution in [-0.2, 0) is 22.6 Å². The van der Waals surface area contributed by atoms with Crippen LogP contribution in [0.15, 0.2) is 48.5 Å². The van der Waals surface area contributed by atoms with Crippen LogP contribution in [0.3, 0.4) is 0 Å². The van der Waals surface area contributed by atoms with Gasteiger partial charge in [0.25, 0.3) is 5.91 Å². The maximum atomic E-state index is 12.9. The van der Waals surface area contributed by atoms with Gasteiger partial charge in [-0.2, -0.15) is 0 Å². The molecule has 0 saturated carbocycles. The normalized spacial score (nSPS) is 22.8. The quantitative estimate of drug-likeness (QED) is 0.849. The minimum atomic E-state index is -0.289. The highest BCUT2D eigenvalue weighted by Gasteiger charge is 2.46. The van der Waals surface area contributed by atoms with Crippen LogP contribution in [-0.4, -0.2) is 31.5 Å². The second kappa shape index (κ2) is 6.33. The lowest BCUT2D eigenvalue weighted by atomic mass is 9.98. The molecule has 4 rings (SSSR count). The van der Waals surface area contributed by atoms with E-state index in [1.165, 1.54) is 20.9 Å². The number of hydrogen-bond acceptors (Lipinski definition) is 3. The number of quaternary nitrogens is 1. The average molecular weight is 337 g/mol. The number of carbonyl (C=O) groups is 2. The fourth-order valence-electron chi connectivity index (χ4n) is 3.85. The van der Waals surface area contributed by atoms with Crippen molar-refractivity contribution >= 4 is 17.5 Å². The number of hydrogen-bond donors (Lipinski definition) is 1. The Kier molecular flexibility index (Phi) is 4.01. The van der Waals surface area contributed by atoms with E-state index in [4.69, 9.17) is 4.74 Å². The van der Waals surface area contributed by atoms with Crippen LogP contribution >= 0.6 is 0 Å². The number of rotatable bonds is 3. The molecule has 0 aromatic heterocycles. The first-order chi connectivity index (χ1) is 12.2. The smallest absolute Gasteiger partial charge is 0.292 e. The first-order valence-corrected chi connectivity index (χ1v) is 8.59. The van der Waals surface area contributed by atoms with Crippen LogP contribution in [0.1, 0.15) is 17.5 Å². The standard InChI is InChI=1S/C20H20N2O3/c1-25-17-8-6-16(7-9-17)22-19(23)12-18(20(22)24)21-11-10-14-4-2-3-5-15(14)13-21/h2-9,18H,10-13H2,1H3/p+1/t18-/m0/s1. The fraction of sp³-hybridized carbons (Fsp3) is 0.300. The number of fused-ring (bicyclic) bond motifs is 1. The zero-order valence-corrected chi connectivity index (χ0v) is 14.2. The fourth-order valence-corrected chi connectivity index (χ4v) is 3.85. The monoisotopic (exact) mass is 337 g/mol. The Morgan fingerprint density at radius 2 is 1.76 bits per heavy atom. The van der Waals surface area contributed by atoms with Crippen LogP contribution in [0.25, 0.3) is 0 Å². The molecule has 2 aromatic carbocycles. The van der Waals surface area contributed by atoms with E-state index in [0.29, 0.717) is 11.4 Å². The first kappa shape index (κ1) is 15.8.